The van der Waals surface area contributed by atoms with Gasteiger partial charge in [-0.15, -0.1) is 11.3 Å². The molecule has 3 aromatic heterocycles. The predicted octanol–water partition coefficient (Wildman–Crippen LogP) is 5.92. The number of hydrogen-bond donors (Lipinski definition) is 0. The van der Waals surface area contributed by atoms with Crippen LogP contribution in [0.15, 0.2) is 47.5 Å². The van der Waals surface area contributed by atoms with Crippen molar-refractivity contribution in [1.82, 2.24) is 19.1 Å². The summed E-state index contributed by atoms with van der Waals surface area (Å²) in [6.07, 6.45) is 4.16. The quantitative estimate of drug-likeness (QED) is 0.256. The molecule has 0 saturated carbocycles. The highest BCUT2D eigenvalue weighted by Crippen LogP contribution is 2.48. The lowest BCUT2D eigenvalue weighted by atomic mass is 9.89. The van der Waals surface area contributed by atoms with Crippen LogP contribution in [0.25, 0.3) is 21.3 Å². The largest absolute Gasteiger partial charge is 0.489 e. The molecule has 2 aliphatic heterocycles. The Morgan fingerprint density at radius 2 is 1.85 bits per heavy atom. The molecule has 248 valence electrons. The molecular weight excluding hydrogens is 633 g/mol. The third kappa shape index (κ3) is 5.94. The first-order valence-electron chi connectivity index (χ1n) is 15.9. The maximum Gasteiger partial charge on any atom is 0.267 e. The number of nitriles is 1. The Morgan fingerprint density at radius 3 is 2.51 bits per heavy atom. The summed E-state index contributed by atoms with van der Waals surface area (Å²) in [6, 6.07) is 11.4. The maximum absolute atomic E-state index is 13.7. The molecule has 0 spiro atoms. The molecule has 0 unspecified atom stereocenters. The third-order valence-corrected chi connectivity index (χ3v) is 13.1. The van der Waals surface area contributed by atoms with Crippen molar-refractivity contribution in [3.63, 3.8) is 0 Å². The van der Waals surface area contributed by atoms with Crippen molar-refractivity contribution in [3.05, 3.63) is 69.1 Å². The molecule has 0 N–H and O–H groups in total. The zero-order valence-electron chi connectivity index (χ0n) is 28.3. The first-order chi connectivity index (χ1) is 21.9. The molecule has 0 aliphatic carbocycles. The van der Waals surface area contributed by atoms with Crippen LogP contribution in [0.3, 0.4) is 0 Å². The van der Waals surface area contributed by atoms with Gasteiger partial charge in [0.15, 0.2) is 0 Å². The molecule has 6 rings (SSSR count). The van der Waals surface area contributed by atoms with Gasteiger partial charge >= 0.3 is 0 Å². The van der Waals surface area contributed by atoms with Crippen molar-refractivity contribution < 1.29 is 13.2 Å². The van der Waals surface area contributed by atoms with Gasteiger partial charge in [0.05, 0.1) is 51.6 Å². The van der Waals surface area contributed by atoms with E-state index in [-0.39, 0.29) is 17.0 Å². The Morgan fingerprint density at radius 1 is 1.11 bits per heavy atom. The van der Waals surface area contributed by atoms with Gasteiger partial charge in [-0.1, -0.05) is 20.8 Å². The number of aromatic nitrogens is 3. The summed E-state index contributed by atoms with van der Waals surface area (Å²) in [6.45, 7) is 17.1. The fraction of sp³-hybridized carbons (Fsp3) is 0.486. The van der Waals surface area contributed by atoms with Crippen molar-refractivity contribution >= 4 is 37.3 Å². The Hall–Kier alpha value is -3.79. The van der Waals surface area contributed by atoms with E-state index in [1.807, 2.05) is 32.0 Å². The zero-order chi connectivity index (χ0) is 34.1. The highest BCUT2D eigenvalue weighted by atomic mass is 32.2. The van der Waals surface area contributed by atoms with Crippen molar-refractivity contribution in [2.75, 3.05) is 24.6 Å². The number of hydrogen-bond acceptors (Lipinski definition) is 9. The SMILES string of the molecule is CC(C)(C)c1cnn(Cc2cc3nccc(-c4cc(C#N)cc5c4N([C@@H]4CN(S(=O)(=O)C(C)(C)C)C(C)(C)C4)CCO5)c3s2)c(=O)c1. The average molecular weight is 675 g/mol. The summed E-state index contributed by atoms with van der Waals surface area (Å²) in [5, 5.41) is 14.5. The first kappa shape index (κ1) is 33.1. The smallest absolute Gasteiger partial charge is 0.267 e. The number of anilines is 1. The monoisotopic (exact) mass is 674 g/mol. The van der Waals surface area contributed by atoms with Gasteiger partial charge in [0.2, 0.25) is 10.0 Å². The van der Waals surface area contributed by atoms with Crippen molar-refractivity contribution in [2.24, 2.45) is 0 Å². The van der Waals surface area contributed by atoms with Crippen molar-refractivity contribution in [3.8, 4) is 22.9 Å². The van der Waals surface area contributed by atoms with Crippen LogP contribution < -0.4 is 15.2 Å². The Labute approximate surface area is 280 Å². The Balaban J connectivity index is 1.43. The van der Waals surface area contributed by atoms with Gasteiger partial charge < -0.3 is 9.64 Å². The highest BCUT2D eigenvalue weighted by molar-refractivity contribution is 7.90. The molecule has 12 heteroatoms. The Kier molecular flexibility index (Phi) is 8.05. The van der Waals surface area contributed by atoms with E-state index in [1.54, 1.807) is 60.9 Å². The standard InChI is InChI=1S/C35H42N6O4S2/c1-33(2,3)23-15-30(42)40(38-19-23)21-25-16-28-32(46-25)26(9-10-37-28)27-13-22(18-36)14-29-31(27)39(11-12-45-29)24-17-35(7,8)41(20-24)47(43,44)34(4,5)6/h9-10,13-16,19,24H,11-12,17,20-21H2,1-8H3/t24-/m0/s1. The van der Waals surface area contributed by atoms with Crippen LogP contribution in [0.4, 0.5) is 5.69 Å². The minimum atomic E-state index is -3.57. The predicted molar refractivity (Wildman–Crippen MR) is 187 cm³/mol. The van der Waals surface area contributed by atoms with E-state index in [0.717, 1.165) is 37.5 Å². The van der Waals surface area contributed by atoms with E-state index in [1.165, 1.54) is 4.68 Å². The second kappa shape index (κ2) is 11.4. The van der Waals surface area contributed by atoms with E-state index in [9.17, 15) is 18.5 Å². The molecule has 1 saturated heterocycles. The van der Waals surface area contributed by atoms with Gasteiger partial charge in [0.25, 0.3) is 5.56 Å². The van der Waals surface area contributed by atoms with Crippen LogP contribution in [0.2, 0.25) is 0 Å². The molecule has 0 amide bonds. The number of benzene rings is 1. The second-order valence-corrected chi connectivity index (χ2v) is 18.9. The molecule has 10 nitrogen and oxygen atoms in total. The minimum absolute atomic E-state index is 0.0956. The molecule has 47 heavy (non-hydrogen) atoms. The normalized spacial score (nSPS) is 18.6. The fourth-order valence-electron chi connectivity index (χ4n) is 6.55. The van der Waals surface area contributed by atoms with Crippen molar-refractivity contribution in [1.29, 1.82) is 5.26 Å². The van der Waals surface area contributed by atoms with Crippen LogP contribution in [-0.2, 0) is 22.0 Å². The lowest BCUT2D eigenvalue weighted by Crippen LogP contribution is -2.50. The number of sulfonamides is 1. The van der Waals surface area contributed by atoms with E-state index < -0.39 is 20.3 Å². The molecule has 0 bridgehead atoms. The summed E-state index contributed by atoms with van der Waals surface area (Å²) in [5.74, 6) is 0.608. The maximum atomic E-state index is 13.7. The summed E-state index contributed by atoms with van der Waals surface area (Å²) in [7, 11) is -3.57. The number of rotatable bonds is 5. The van der Waals surface area contributed by atoms with E-state index in [2.05, 4.69) is 41.8 Å². The van der Waals surface area contributed by atoms with Gasteiger partial charge in [-0.3, -0.25) is 9.78 Å². The third-order valence-electron chi connectivity index (χ3n) is 9.17. The summed E-state index contributed by atoms with van der Waals surface area (Å²) < 4.78 is 36.7. The minimum Gasteiger partial charge on any atom is -0.489 e. The van der Waals surface area contributed by atoms with Gasteiger partial charge in [0, 0.05) is 52.5 Å². The molecule has 1 aromatic carbocycles. The second-order valence-electron chi connectivity index (χ2n) is 15.1. The topological polar surface area (TPSA) is 121 Å². The molecule has 2 aliphatic rings. The molecule has 1 fully saturated rings. The first-order valence-corrected chi connectivity index (χ1v) is 18.1. The Bertz CT molecular complexity index is 2080. The van der Waals surface area contributed by atoms with Crippen molar-refractivity contribution in [2.45, 2.75) is 90.1 Å². The van der Waals surface area contributed by atoms with Crippen LogP contribution in [-0.4, -0.2) is 63.5 Å². The van der Waals surface area contributed by atoms with Gasteiger partial charge in [-0.2, -0.15) is 14.7 Å². The zero-order valence-corrected chi connectivity index (χ0v) is 29.9. The van der Waals surface area contributed by atoms with E-state index in [4.69, 9.17) is 4.74 Å². The molecule has 4 aromatic rings. The van der Waals surface area contributed by atoms with Crippen LogP contribution in [0, 0.1) is 11.3 Å². The summed E-state index contributed by atoms with van der Waals surface area (Å²) in [5.41, 5.74) is 3.81. The highest BCUT2D eigenvalue weighted by Gasteiger charge is 2.51. The summed E-state index contributed by atoms with van der Waals surface area (Å²) in [4.78, 5) is 20.8. The molecule has 5 heterocycles. The number of pyridine rings is 1. The van der Waals surface area contributed by atoms with E-state index >= 15 is 0 Å². The number of fused-ring (bicyclic) bond motifs is 2. The molecule has 0 radical (unpaired) electrons. The van der Waals surface area contributed by atoms with E-state index in [0.29, 0.717) is 44.0 Å². The van der Waals surface area contributed by atoms with Crippen LogP contribution in [0.1, 0.15) is 77.8 Å². The number of nitrogens with zero attached hydrogens (tertiary/aromatic N) is 6. The van der Waals surface area contributed by atoms with Crippen LogP contribution in [0.5, 0.6) is 5.75 Å². The lowest BCUT2D eigenvalue weighted by molar-refractivity contribution is 0.284. The van der Waals surface area contributed by atoms with Gasteiger partial charge in [0.1, 0.15) is 12.4 Å². The average Bonchev–Trinajstić information content (AvgIpc) is 3.55. The molecule has 1 atom stereocenters. The number of thiophene rings is 1. The summed E-state index contributed by atoms with van der Waals surface area (Å²) >= 11 is 1.54. The van der Waals surface area contributed by atoms with Crippen LogP contribution >= 0.6 is 11.3 Å². The number of ether oxygens (including phenoxy) is 1. The lowest BCUT2D eigenvalue weighted by Gasteiger charge is -2.38. The molecular formula is C35H42N6O4S2. The fourth-order valence-corrected chi connectivity index (χ4v) is 9.43. The van der Waals surface area contributed by atoms with Gasteiger partial charge in [-0.25, -0.2) is 13.1 Å². The van der Waals surface area contributed by atoms with Gasteiger partial charge in [-0.05, 0) is 70.2 Å².